The van der Waals surface area contributed by atoms with Gasteiger partial charge in [0.2, 0.25) is 11.8 Å². The number of nitrogens with zero attached hydrogens (tertiary/aromatic N) is 4. The Labute approximate surface area is 145 Å². The summed E-state index contributed by atoms with van der Waals surface area (Å²) in [5, 5.41) is 7.42. The molecule has 2 atom stereocenters. The van der Waals surface area contributed by atoms with Gasteiger partial charge < -0.3 is 9.84 Å². The van der Waals surface area contributed by atoms with Crippen LogP contribution in [0, 0.1) is 12.8 Å². The number of thiazole rings is 1. The van der Waals surface area contributed by atoms with Crippen molar-refractivity contribution in [2.45, 2.75) is 52.6 Å². The number of aryl methyl sites for hydroxylation is 1. The van der Waals surface area contributed by atoms with Gasteiger partial charge in [0, 0.05) is 50.5 Å². The molecule has 7 nitrogen and oxygen atoms in total. The molecule has 2 aromatic heterocycles. The molecule has 24 heavy (non-hydrogen) atoms. The van der Waals surface area contributed by atoms with Gasteiger partial charge in [-0.05, 0) is 25.7 Å². The third kappa shape index (κ3) is 4.39. The Balaban J connectivity index is 1.59. The SMILES string of the molecule is CC(=O)Nc1ncc(CN2CC(Cc3noc(C)n3)CCC2C)s1. The van der Waals surface area contributed by atoms with Crippen LogP contribution in [0.25, 0.3) is 0 Å². The van der Waals surface area contributed by atoms with E-state index in [-0.39, 0.29) is 5.91 Å². The number of piperidine rings is 1. The third-order valence-electron chi connectivity index (χ3n) is 4.35. The van der Waals surface area contributed by atoms with Gasteiger partial charge in [-0.1, -0.05) is 5.16 Å². The van der Waals surface area contributed by atoms with E-state index >= 15 is 0 Å². The summed E-state index contributed by atoms with van der Waals surface area (Å²) in [5.41, 5.74) is 0. The lowest BCUT2D eigenvalue weighted by Crippen LogP contribution is -2.41. The van der Waals surface area contributed by atoms with Gasteiger partial charge >= 0.3 is 0 Å². The van der Waals surface area contributed by atoms with E-state index in [1.807, 2.05) is 13.1 Å². The van der Waals surface area contributed by atoms with Crippen molar-refractivity contribution in [1.29, 1.82) is 0 Å². The lowest BCUT2D eigenvalue weighted by molar-refractivity contribution is -0.114. The van der Waals surface area contributed by atoms with Crippen molar-refractivity contribution in [3.63, 3.8) is 0 Å². The summed E-state index contributed by atoms with van der Waals surface area (Å²) >= 11 is 1.54. The van der Waals surface area contributed by atoms with Crippen molar-refractivity contribution in [2.75, 3.05) is 11.9 Å². The molecule has 1 N–H and O–H groups in total. The summed E-state index contributed by atoms with van der Waals surface area (Å²) in [5.74, 6) is 1.89. The van der Waals surface area contributed by atoms with Crippen LogP contribution in [-0.4, -0.2) is 38.5 Å². The lowest BCUT2D eigenvalue weighted by Gasteiger charge is -2.37. The molecule has 1 saturated heterocycles. The predicted molar refractivity (Wildman–Crippen MR) is 91.8 cm³/mol. The summed E-state index contributed by atoms with van der Waals surface area (Å²) in [4.78, 5) is 23.3. The molecule has 0 spiro atoms. The van der Waals surface area contributed by atoms with Crippen molar-refractivity contribution in [3.8, 4) is 0 Å². The fraction of sp³-hybridized carbons (Fsp3) is 0.625. The predicted octanol–water partition coefficient (Wildman–Crippen LogP) is 2.64. The quantitative estimate of drug-likeness (QED) is 0.893. The Hall–Kier alpha value is -1.80. The van der Waals surface area contributed by atoms with Crippen molar-refractivity contribution in [2.24, 2.45) is 5.92 Å². The van der Waals surface area contributed by atoms with Gasteiger partial charge in [0.15, 0.2) is 11.0 Å². The summed E-state index contributed by atoms with van der Waals surface area (Å²) in [7, 11) is 0. The first kappa shape index (κ1) is 17.0. The average Bonchev–Trinajstić information content (AvgIpc) is 3.11. The highest BCUT2D eigenvalue weighted by atomic mass is 32.1. The Morgan fingerprint density at radius 3 is 3.04 bits per heavy atom. The fourth-order valence-corrected chi connectivity index (χ4v) is 4.01. The first-order valence-electron chi connectivity index (χ1n) is 8.25. The summed E-state index contributed by atoms with van der Waals surface area (Å²) in [6, 6.07) is 0.541. The van der Waals surface area contributed by atoms with Gasteiger partial charge in [0.25, 0.3) is 0 Å². The van der Waals surface area contributed by atoms with Crippen LogP contribution in [0.1, 0.15) is 43.3 Å². The fourth-order valence-electron chi connectivity index (χ4n) is 3.12. The Bertz CT molecular complexity index is 698. The largest absolute Gasteiger partial charge is 0.340 e. The standard InChI is InChI=1S/C16H23N5O2S/c1-10-4-5-13(6-15-19-12(3)23-20-15)8-21(10)9-14-7-17-16(24-14)18-11(2)22/h7,10,13H,4-6,8-9H2,1-3H3,(H,17,18,22). The van der Waals surface area contributed by atoms with Gasteiger partial charge in [-0.2, -0.15) is 4.98 Å². The van der Waals surface area contributed by atoms with Gasteiger partial charge in [-0.25, -0.2) is 4.98 Å². The number of nitrogens with one attached hydrogen (secondary N) is 1. The lowest BCUT2D eigenvalue weighted by atomic mass is 9.90. The number of anilines is 1. The first-order chi connectivity index (χ1) is 11.5. The van der Waals surface area contributed by atoms with Crippen LogP contribution in [0.2, 0.25) is 0 Å². The Morgan fingerprint density at radius 1 is 1.50 bits per heavy atom. The number of carbonyl (C=O) groups is 1. The van der Waals surface area contributed by atoms with E-state index in [1.165, 1.54) is 24.6 Å². The molecule has 3 heterocycles. The number of hydrogen-bond donors (Lipinski definition) is 1. The molecule has 1 amide bonds. The number of amides is 1. The molecule has 2 aromatic rings. The molecule has 0 radical (unpaired) electrons. The minimum absolute atomic E-state index is 0.0855. The molecular weight excluding hydrogens is 326 g/mol. The van der Waals surface area contributed by atoms with Crippen molar-refractivity contribution in [3.05, 3.63) is 22.8 Å². The van der Waals surface area contributed by atoms with E-state index in [9.17, 15) is 4.79 Å². The zero-order valence-electron chi connectivity index (χ0n) is 14.3. The molecule has 2 unspecified atom stereocenters. The molecule has 0 bridgehead atoms. The van der Waals surface area contributed by atoms with Crippen LogP contribution in [0.4, 0.5) is 5.13 Å². The second-order valence-corrected chi connectivity index (χ2v) is 7.58. The molecule has 0 saturated carbocycles. The minimum Gasteiger partial charge on any atom is -0.340 e. The number of aromatic nitrogens is 3. The number of carbonyl (C=O) groups excluding carboxylic acids is 1. The van der Waals surface area contributed by atoms with E-state index < -0.39 is 0 Å². The third-order valence-corrected chi connectivity index (χ3v) is 5.24. The van der Waals surface area contributed by atoms with Gasteiger partial charge in [0.1, 0.15) is 0 Å². The Morgan fingerprint density at radius 2 is 2.33 bits per heavy atom. The van der Waals surface area contributed by atoms with E-state index in [2.05, 4.69) is 32.3 Å². The summed E-state index contributed by atoms with van der Waals surface area (Å²) in [6.07, 6.45) is 5.07. The van der Waals surface area contributed by atoms with E-state index in [4.69, 9.17) is 4.52 Å². The van der Waals surface area contributed by atoms with E-state index in [1.54, 1.807) is 11.3 Å². The number of likely N-dealkylation sites (tertiary alicyclic amines) is 1. The zero-order valence-corrected chi connectivity index (χ0v) is 15.1. The molecular formula is C16H23N5O2S. The topological polar surface area (TPSA) is 84.2 Å². The number of rotatable bonds is 5. The molecule has 1 aliphatic heterocycles. The van der Waals surface area contributed by atoms with Gasteiger partial charge in [-0.15, -0.1) is 11.3 Å². The highest BCUT2D eigenvalue weighted by molar-refractivity contribution is 7.15. The monoisotopic (exact) mass is 349 g/mol. The second-order valence-electron chi connectivity index (χ2n) is 6.47. The summed E-state index contributed by atoms with van der Waals surface area (Å²) in [6.45, 7) is 7.47. The molecule has 0 aliphatic carbocycles. The van der Waals surface area contributed by atoms with Gasteiger partial charge in [0.05, 0.1) is 0 Å². The van der Waals surface area contributed by atoms with Crippen molar-refractivity contribution >= 4 is 22.4 Å². The zero-order chi connectivity index (χ0) is 17.1. The molecule has 1 aliphatic rings. The molecule has 3 rings (SSSR count). The highest BCUT2D eigenvalue weighted by Gasteiger charge is 2.27. The maximum absolute atomic E-state index is 11.1. The van der Waals surface area contributed by atoms with E-state index in [0.29, 0.717) is 23.0 Å². The molecule has 1 fully saturated rings. The normalized spacial score (nSPS) is 21.8. The minimum atomic E-state index is -0.0855. The first-order valence-corrected chi connectivity index (χ1v) is 9.06. The average molecular weight is 349 g/mol. The van der Waals surface area contributed by atoms with Crippen LogP contribution in [-0.2, 0) is 17.8 Å². The van der Waals surface area contributed by atoms with Crippen LogP contribution >= 0.6 is 11.3 Å². The molecule has 130 valence electrons. The molecule has 0 aromatic carbocycles. The molecule has 8 heteroatoms. The van der Waals surface area contributed by atoms with Crippen LogP contribution in [0.5, 0.6) is 0 Å². The van der Waals surface area contributed by atoms with Gasteiger partial charge in [-0.3, -0.25) is 9.69 Å². The summed E-state index contributed by atoms with van der Waals surface area (Å²) < 4.78 is 5.07. The van der Waals surface area contributed by atoms with E-state index in [0.717, 1.165) is 25.3 Å². The van der Waals surface area contributed by atoms with Crippen LogP contribution in [0.3, 0.4) is 0 Å². The maximum atomic E-state index is 11.1. The number of hydrogen-bond acceptors (Lipinski definition) is 7. The van der Waals surface area contributed by atoms with Crippen LogP contribution in [0.15, 0.2) is 10.7 Å². The second kappa shape index (κ2) is 7.40. The van der Waals surface area contributed by atoms with Crippen molar-refractivity contribution < 1.29 is 9.32 Å². The van der Waals surface area contributed by atoms with Crippen LogP contribution < -0.4 is 5.32 Å². The Kier molecular flexibility index (Phi) is 5.25. The highest BCUT2D eigenvalue weighted by Crippen LogP contribution is 2.28. The maximum Gasteiger partial charge on any atom is 0.223 e. The van der Waals surface area contributed by atoms with Crippen molar-refractivity contribution in [1.82, 2.24) is 20.0 Å². The smallest absolute Gasteiger partial charge is 0.223 e.